The van der Waals surface area contributed by atoms with E-state index in [4.69, 9.17) is 19.4 Å². The van der Waals surface area contributed by atoms with Gasteiger partial charge in [-0.1, -0.05) is 24.3 Å². The maximum atomic E-state index is 6.14. The molecule has 0 aliphatic carbocycles. The maximum absolute atomic E-state index is 6.14. The van der Waals surface area contributed by atoms with E-state index >= 15 is 0 Å². The number of aryl methyl sites for hydroxylation is 2. The van der Waals surface area contributed by atoms with Gasteiger partial charge in [0.25, 0.3) is 0 Å². The molecule has 2 aliphatic rings. The quantitative estimate of drug-likeness (QED) is 0.245. The zero-order valence-electron chi connectivity index (χ0n) is 24.2. The molecule has 0 amide bonds. The summed E-state index contributed by atoms with van der Waals surface area (Å²) in [6.45, 7) is 8.60. The lowest BCUT2D eigenvalue weighted by Gasteiger charge is -2.37. The molecule has 2 saturated heterocycles. The second-order valence-electron chi connectivity index (χ2n) is 11.8. The summed E-state index contributed by atoms with van der Waals surface area (Å²) in [5.41, 5.74) is 6.91. The first-order valence-corrected chi connectivity index (χ1v) is 14.8. The molecule has 0 N–H and O–H groups in total. The zero-order valence-corrected chi connectivity index (χ0v) is 24.2. The van der Waals surface area contributed by atoms with Crippen LogP contribution in [0.4, 0.5) is 0 Å². The Labute approximate surface area is 240 Å². The Morgan fingerprint density at radius 3 is 2.76 bits per heavy atom. The van der Waals surface area contributed by atoms with Crippen LogP contribution in [0.3, 0.4) is 0 Å². The average molecular weight is 551 g/mol. The predicted octanol–water partition coefficient (Wildman–Crippen LogP) is 5.76. The van der Waals surface area contributed by atoms with Crippen LogP contribution in [-0.4, -0.2) is 54.5 Å². The number of hydrogen-bond donors (Lipinski definition) is 0. The van der Waals surface area contributed by atoms with Gasteiger partial charge in [-0.2, -0.15) is 5.10 Å². The lowest BCUT2D eigenvalue weighted by Crippen LogP contribution is -2.40. The van der Waals surface area contributed by atoms with E-state index < -0.39 is 0 Å². The van der Waals surface area contributed by atoms with Gasteiger partial charge in [0.05, 0.1) is 41.9 Å². The molecule has 5 aromatic rings. The van der Waals surface area contributed by atoms with Crippen molar-refractivity contribution in [1.29, 1.82) is 0 Å². The second-order valence-corrected chi connectivity index (χ2v) is 11.8. The van der Waals surface area contributed by atoms with Crippen molar-refractivity contribution in [1.82, 2.24) is 29.2 Å². The highest BCUT2D eigenvalue weighted by molar-refractivity contribution is 5.79. The number of hydrogen-bond acceptors (Lipinski definition) is 6. The highest BCUT2D eigenvalue weighted by Crippen LogP contribution is 2.33. The van der Waals surface area contributed by atoms with Crippen molar-refractivity contribution in [3.05, 3.63) is 83.4 Å². The number of nitrogens with zero attached hydrogens (tertiary/aromatic N) is 6. The normalized spacial score (nSPS) is 21.4. The van der Waals surface area contributed by atoms with E-state index in [1.54, 1.807) is 0 Å². The van der Waals surface area contributed by atoms with Gasteiger partial charge in [0.2, 0.25) is 5.88 Å². The third-order valence-electron chi connectivity index (χ3n) is 8.88. The van der Waals surface area contributed by atoms with Gasteiger partial charge >= 0.3 is 0 Å². The molecule has 3 atom stereocenters. The van der Waals surface area contributed by atoms with Crippen molar-refractivity contribution in [2.45, 2.75) is 70.9 Å². The monoisotopic (exact) mass is 550 g/mol. The topological polar surface area (TPSA) is 70.2 Å². The van der Waals surface area contributed by atoms with Crippen LogP contribution in [-0.2, 0) is 31.5 Å². The van der Waals surface area contributed by atoms with Crippen LogP contribution in [0.5, 0.6) is 5.88 Å². The number of benzene rings is 2. The number of pyridine rings is 1. The molecule has 0 radical (unpaired) electrons. The van der Waals surface area contributed by atoms with Crippen LogP contribution < -0.4 is 4.74 Å². The number of fused-ring (bicyclic) bond motifs is 2. The van der Waals surface area contributed by atoms with Crippen molar-refractivity contribution >= 4 is 21.9 Å². The Bertz CT molecular complexity index is 1690. The lowest BCUT2D eigenvalue weighted by molar-refractivity contribution is -0.0593. The summed E-state index contributed by atoms with van der Waals surface area (Å²) in [6, 6.07) is 19.5. The van der Waals surface area contributed by atoms with Gasteiger partial charge in [0, 0.05) is 42.8 Å². The van der Waals surface area contributed by atoms with Crippen molar-refractivity contribution < 1.29 is 9.47 Å². The smallest absolute Gasteiger partial charge is 0.213 e. The van der Waals surface area contributed by atoms with Gasteiger partial charge in [-0.25, -0.2) is 9.97 Å². The number of ether oxygens (including phenoxy) is 2. The van der Waals surface area contributed by atoms with Gasteiger partial charge < -0.3 is 14.0 Å². The van der Waals surface area contributed by atoms with E-state index in [1.807, 2.05) is 24.0 Å². The predicted molar refractivity (Wildman–Crippen MR) is 160 cm³/mol. The Hall–Kier alpha value is -3.75. The van der Waals surface area contributed by atoms with Crippen LogP contribution in [0, 0.1) is 6.92 Å². The number of imidazole rings is 1. The van der Waals surface area contributed by atoms with Gasteiger partial charge in [-0.05, 0) is 75.0 Å². The van der Waals surface area contributed by atoms with Gasteiger partial charge in [-0.15, -0.1) is 0 Å². The summed E-state index contributed by atoms with van der Waals surface area (Å²) in [4.78, 5) is 12.6. The number of rotatable bonds is 8. The fourth-order valence-electron chi connectivity index (χ4n) is 6.32. The minimum Gasteiger partial charge on any atom is -0.473 e. The van der Waals surface area contributed by atoms with Crippen LogP contribution in [0.2, 0.25) is 0 Å². The van der Waals surface area contributed by atoms with Crippen molar-refractivity contribution in [3.8, 4) is 5.88 Å². The van der Waals surface area contributed by atoms with E-state index in [-0.39, 0.29) is 0 Å². The molecule has 5 heterocycles. The van der Waals surface area contributed by atoms with Crippen molar-refractivity contribution in [3.63, 3.8) is 0 Å². The summed E-state index contributed by atoms with van der Waals surface area (Å²) in [7, 11) is 1.96. The molecule has 41 heavy (non-hydrogen) atoms. The average Bonchev–Trinajstić information content (AvgIpc) is 3.49. The first-order valence-electron chi connectivity index (χ1n) is 14.8. The van der Waals surface area contributed by atoms with Gasteiger partial charge in [-0.3, -0.25) is 9.58 Å². The third-order valence-corrected chi connectivity index (χ3v) is 8.88. The third kappa shape index (κ3) is 5.34. The Morgan fingerprint density at radius 2 is 1.93 bits per heavy atom. The molecule has 3 aromatic heterocycles. The molecule has 2 fully saturated rings. The molecular weight excluding hydrogens is 512 g/mol. The van der Waals surface area contributed by atoms with Crippen molar-refractivity contribution in [2.75, 3.05) is 13.2 Å². The van der Waals surface area contributed by atoms with Gasteiger partial charge in [0.15, 0.2) is 0 Å². The molecule has 0 spiro atoms. The number of aromatic nitrogens is 5. The zero-order chi connectivity index (χ0) is 27.9. The molecule has 8 heteroatoms. The van der Waals surface area contributed by atoms with E-state index in [2.05, 4.69) is 76.9 Å². The Kier molecular flexibility index (Phi) is 6.96. The van der Waals surface area contributed by atoms with Crippen LogP contribution in [0.1, 0.15) is 54.7 Å². The molecular formula is C33H38N6O2. The standard InChI is InChI=1S/C33H38N6O2/c1-22-7-10-29-31(15-22)39(19-27-12-14-40-27)32(35-29)20-38-13-11-25(16-23(38)2)28-5-4-6-33(36-28)41-21-24-8-9-26-18-34-37(3)30(26)17-24/h4-10,15,17-18,23,25,27H,11-14,16,19-21H2,1-3H3/t23-,25?,27?/m0/s1. The fraction of sp³-hybridized carbons (Fsp3) is 0.424. The molecule has 0 bridgehead atoms. The highest BCUT2D eigenvalue weighted by atomic mass is 16.5. The molecule has 2 unspecified atom stereocenters. The second kappa shape index (κ2) is 10.9. The largest absolute Gasteiger partial charge is 0.473 e. The maximum Gasteiger partial charge on any atom is 0.213 e. The van der Waals surface area contributed by atoms with Gasteiger partial charge in [0.1, 0.15) is 12.4 Å². The molecule has 8 nitrogen and oxygen atoms in total. The molecule has 2 aliphatic heterocycles. The first-order chi connectivity index (χ1) is 20.0. The van der Waals surface area contributed by atoms with Crippen molar-refractivity contribution in [2.24, 2.45) is 7.05 Å². The summed E-state index contributed by atoms with van der Waals surface area (Å²) in [6.07, 6.45) is 5.45. The summed E-state index contributed by atoms with van der Waals surface area (Å²) < 4.78 is 16.2. The summed E-state index contributed by atoms with van der Waals surface area (Å²) >= 11 is 0. The molecule has 7 rings (SSSR count). The first kappa shape index (κ1) is 26.2. The van der Waals surface area contributed by atoms with Crippen LogP contribution >= 0.6 is 0 Å². The lowest BCUT2D eigenvalue weighted by atomic mass is 9.88. The van der Waals surface area contributed by atoms with Crippen LogP contribution in [0.15, 0.2) is 60.8 Å². The number of likely N-dealkylation sites (tertiary alicyclic amines) is 1. The Morgan fingerprint density at radius 1 is 1.02 bits per heavy atom. The minimum atomic E-state index is 0.299. The summed E-state index contributed by atoms with van der Waals surface area (Å²) in [5.74, 6) is 2.24. The molecule has 2 aromatic carbocycles. The molecule has 0 saturated carbocycles. The number of piperidine rings is 1. The SMILES string of the molecule is Cc1ccc2nc(CN3CCC(c4cccc(OCc5ccc6cnn(C)c6c5)n4)C[C@@H]3C)n(CC3CCO3)c2c1. The fourth-order valence-corrected chi connectivity index (χ4v) is 6.32. The Balaban J connectivity index is 1.02. The van der Waals surface area contributed by atoms with Crippen LogP contribution in [0.25, 0.3) is 21.9 Å². The van der Waals surface area contributed by atoms with E-state index in [0.717, 1.165) is 79.0 Å². The van der Waals surface area contributed by atoms with E-state index in [1.165, 1.54) is 11.1 Å². The minimum absolute atomic E-state index is 0.299. The van der Waals surface area contributed by atoms with E-state index in [0.29, 0.717) is 30.6 Å². The van der Waals surface area contributed by atoms with E-state index in [9.17, 15) is 0 Å². The summed E-state index contributed by atoms with van der Waals surface area (Å²) in [5, 5.41) is 5.47. The molecule has 212 valence electrons. The highest BCUT2D eigenvalue weighted by Gasteiger charge is 2.29.